The summed E-state index contributed by atoms with van der Waals surface area (Å²) in [6, 6.07) is 14.0. The van der Waals surface area contributed by atoms with Gasteiger partial charge in [-0.1, -0.05) is 37.3 Å². The maximum Gasteiger partial charge on any atom is 0.277 e. The van der Waals surface area contributed by atoms with Crippen molar-refractivity contribution in [1.29, 1.82) is 0 Å². The number of aromatic nitrogens is 3. The third-order valence-electron chi connectivity index (χ3n) is 4.94. The van der Waals surface area contributed by atoms with Gasteiger partial charge in [-0.05, 0) is 29.7 Å². The molecule has 0 fully saturated rings. The summed E-state index contributed by atoms with van der Waals surface area (Å²) in [7, 11) is 0. The number of amides is 1. The average Bonchev–Trinajstić information content (AvgIpc) is 2.97. The molecule has 1 amide bonds. The second kappa shape index (κ2) is 6.92. The first-order chi connectivity index (χ1) is 13.5. The monoisotopic (exact) mass is 378 g/mol. The van der Waals surface area contributed by atoms with Gasteiger partial charge in [-0.25, -0.2) is 9.37 Å². The maximum absolute atomic E-state index is 13.8. The topological polar surface area (TPSA) is 82.9 Å². The number of fused-ring (bicyclic) bond motifs is 3. The number of carbonyl (C=O) groups is 1. The molecule has 4 aromatic rings. The SMILES string of the molecule is C[C@H](Cn1cnc2c3cc(F)ccc3n(CC(N)=O)c2c1=O)c1ccccc1. The molecular formula is C21H19FN4O2. The molecule has 2 heterocycles. The maximum atomic E-state index is 13.8. The molecule has 0 aliphatic heterocycles. The largest absolute Gasteiger partial charge is 0.368 e. The van der Waals surface area contributed by atoms with Gasteiger partial charge in [-0.15, -0.1) is 0 Å². The summed E-state index contributed by atoms with van der Waals surface area (Å²) in [4.78, 5) is 29.2. The molecule has 2 N–H and O–H groups in total. The summed E-state index contributed by atoms with van der Waals surface area (Å²) in [5.41, 5.74) is 7.36. The van der Waals surface area contributed by atoms with E-state index in [1.54, 1.807) is 0 Å². The fraction of sp³-hybridized carbons (Fsp3) is 0.190. The van der Waals surface area contributed by atoms with E-state index in [0.29, 0.717) is 23.0 Å². The fourth-order valence-corrected chi connectivity index (χ4v) is 3.60. The Kier molecular flexibility index (Phi) is 4.43. The normalized spacial score (nSPS) is 12.5. The molecule has 0 aliphatic rings. The van der Waals surface area contributed by atoms with E-state index in [-0.39, 0.29) is 23.5 Å². The molecule has 2 aromatic heterocycles. The van der Waals surface area contributed by atoms with Crippen LogP contribution in [-0.4, -0.2) is 20.0 Å². The Morgan fingerprint density at radius 1 is 1.21 bits per heavy atom. The van der Waals surface area contributed by atoms with Gasteiger partial charge in [0.15, 0.2) is 0 Å². The van der Waals surface area contributed by atoms with Crippen LogP contribution in [0.25, 0.3) is 21.9 Å². The first kappa shape index (κ1) is 17.9. The molecule has 0 aliphatic carbocycles. The highest BCUT2D eigenvalue weighted by atomic mass is 19.1. The van der Waals surface area contributed by atoms with E-state index in [2.05, 4.69) is 4.98 Å². The summed E-state index contributed by atoms with van der Waals surface area (Å²) >= 11 is 0. The molecule has 6 nitrogen and oxygen atoms in total. The minimum absolute atomic E-state index is 0.0876. The van der Waals surface area contributed by atoms with E-state index in [1.807, 2.05) is 37.3 Å². The van der Waals surface area contributed by atoms with Gasteiger partial charge in [-0.2, -0.15) is 0 Å². The van der Waals surface area contributed by atoms with Crippen LogP contribution in [0.5, 0.6) is 0 Å². The summed E-state index contributed by atoms with van der Waals surface area (Å²) in [5, 5.41) is 0.483. The molecule has 0 saturated heterocycles. The van der Waals surface area contributed by atoms with E-state index >= 15 is 0 Å². The van der Waals surface area contributed by atoms with Crippen LogP contribution in [0.4, 0.5) is 4.39 Å². The van der Waals surface area contributed by atoms with Gasteiger partial charge < -0.3 is 10.3 Å². The molecule has 7 heteroatoms. The van der Waals surface area contributed by atoms with Gasteiger partial charge in [0.2, 0.25) is 5.91 Å². The van der Waals surface area contributed by atoms with Gasteiger partial charge in [-0.3, -0.25) is 14.2 Å². The predicted molar refractivity (Wildman–Crippen MR) is 106 cm³/mol. The third-order valence-corrected chi connectivity index (χ3v) is 4.94. The molecule has 2 aromatic carbocycles. The highest BCUT2D eigenvalue weighted by molar-refractivity contribution is 6.06. The van der Waals surface area contributed by atoms with Gasteiger partial charge in [0.25, 0.3) is 5.56 Å². The number of hydrogen-bond acceptors (Lipinski definition) is 3. The molecule has 0 saturated carbocycles. The number of carbonyl (C=O) groups excluding carboxylic acids is 1. The van der Waals surface area contributed by atoms with Crippen LogP contribution >= 0.6 is 0 Å². The smallest absolute Gasteiger partial charge is 0.277 e. The van der Waals surface area contributed by atoms with Crippen molar-refractivity contribution in [3.8, 4) is 0 Å². The molecule has 0 radical (unpaired) electrons. The highest BCUT2D eigenvalue weighted by Crippen LogP contribution is 2.26. The minimum Gasteiger partial charge on any atom is -0.368 e. The van der Waals surface area contributed by atoms with E-state index in [9.17, 15) is 14.0 Å². The number of primary amides is 1. The Labute approximate surface area is 160 Å². The first-order valence-corrected chi connectivity index (χ1v) is 8.96. The number of hydrogen-bond donors (Lipinski definition) is 1. The number of benzene rings is 2. The van der Waals surface area contributed by atoms with Gasteiger partial charge in [0, 0.05) is 11.9 Å². The van der Waals surface area contributed by atoms with Crippen LogP contribution in [-0.2, 0) is 17.9 Å². The number of rotatable bonds is 5. The van der Waals surface area contributed by atoms with E-state index in [0.717, 1.165) is 5.56 Å². The zero-order valence-electron chi connectivity index (χ0n) is 15.3. The fourth-order valence-electron chi connectivity index (χ4n) is 3.60. The van der Waals surface area contributed by atoms with Crippen molar-refractivity contribution in [2.75, 3.05) is 0 Å². The van der Waals surface area contributed by atoms with E-state index in [4.69, 9.17) is 5.73 Å². The molecule has 0 spiro atoms. The Bertz CT molecular complexity index is 1240. The number of nitrogens with two attached hydrogens (primary N) is 1. The van der Waals surface area contributed by atoms with Crippen LogP contribution in [0, 0.1) is 5.82 Å². The van der Waals surface area contributed by atoms with Crippen LogP contribution in [0.15, 0.2) is 59.7 Å². The Morgan fingerprint density at radius 2 is 1.96 bits per heavy atom. The molecule has 4 rings (SSSR count). The lowest BCUT2D eigenvalue weighted by molar-refractivity contribution is -0.118. The Balaban J connectivity index is 1.89. The third kappa shape index (κ3) is 3.05. The van der Waals surface area contributed by atoms with Crippen molar-refractivity contribution in [3.05, 3.63) is 76.6 Å². The summed E-state index contributed by atoms with van der Waals surface area (Å²) < 4.78 is 16.8. The summed E-state index contributed by atoms with van der Waals surface area (Å²) in [5.74, 6) is -0.936. The van der Waals surface area contributed by atoms with Crippen LogP contribution < -0.4 is 11.3 Å². The van der Waals surface area contributed by atoms with Crippen LogP contribution in [0.3, 0.4) is 0 Å². The minimum atomic E-state index is -0.587. The Hall–Kier alpha value is -3.48. The Morgan fingerprint density at radius 3 is 2.68 bits per heavy atom. The van der Waals surface area contributed by atoms with Gasteiger partial charge >= 0.3 is 0 Å². The summed E-state index contributed by atoms with van der Waals surface area (Å²) in [6.07, 6.45) is 1.48. The average molecular weight is 378 g/mol. The van der Waals surface area contributed by atoms with Crippen molar-refractivity contribution >= 4 is 27.8 Å². The molecule has 142 valence electrons. The zero-order valence-corrected chi connectivity index (χ0v) is 15.3. The molecule has 0 unspecified atom stereocenters. The van der Waals surface area contributed by atoms with Crippen molar-refractivity contribution in [2.24, 2.45) is 5.73 Å². The van der Waals surface area contributed by atoms with E-state index in [1.165, 1.54) is 33.7 Å². The predicted octanol–water partition coefficient (Wildman–Crippen LogP) is 2.78. The van der Waals surface area contributed by atoms with Crippen LogP contribution in [0.2, 0.25) is 0 Å². The quantitative estimate of drug-likeness (QED) is 0.580. The van der Waals surface area contributed by atoms with E-state index < -0.39 is 11.7 Å². The number of halogens is 1. The first-order valence-electron chi connectivity index (χ1n) is 8.96. The lowest BCUT2D eigenvalue weighted by Gasteiger charge is -2.14. The molecule has 0 bridgehead atoms. The summed E-state index contributed by atoms with van der Waals surface area (Å²) in [6.45, 7) is 2.28. The lowest BCUT2D eigenvalue weighted by atomic mass is 10.0. The lowest BCUT2D eigenvalue weighted by Crippen LogP contribution is -2.26. The van der Waals surface area contributed by atoms with Crippen molar-refractivity contribution in [3.63, 3.8) is 0 Å². The molecule has 28 heavy (non-hydrogen) atoms. The standard InChI is InChI=1S/C21H19FN4O2/c1-13(14-5-3-2-4-6-14)10-25-12-24-19-16-9-15(22)7-8-17(16)26(11-18(23)27)20(19)21(25)28/h2-9,12-13H,10-11H2,1H3,(H2,23,27)/t13-/m1/s1. The zero-order chi connectivity index (χ0) is 19.8. The molecular weight excluding hydrogens is 359 g/mol. The van der Waals surface area contributed by atoms with Crippen molar-refractivity contribution < 1.29 is 9.18 Å². The second-order valence-corrected chi connectivity index (χ2v) is 6.92. The van der Waals surface area contributed by atoms with Crippen LogP contribution in [0.1, 0.15) is 18.4 Å². The second-order valence-electron chi connectivity index (χ2n) is 6.92. The van der Waals surface area contributed by atoms with Gasteiger partial charge in [0.05, 0.1) is 11.8 Å². The van der Waals surface area contributed by atoms with Gasteiger partial charge in [0.1, 0.15) is 23.4 Å². The highest BCUT2D eigenvalue weighted by Gasteiger charge is 2.19. The molecule has 1 atom stereocenters. The van der Waals surface area contributed by atoms with Crippen molar-refractivity contribution in [1.82, 2.24) is 14.1 Å². The number of nitrogens with zero attached hydrogens (tertiary/aromatic N) is 3. The van der Waals surface area contributed by atoms with Crippen molar-refractivity contribution in [2.45, 2.75) is 25.9 Å².